The lowest BCUT2D eigenvalue weighted by Gasteiger charge is -2.03. The van der Waals surface area contributed by atoms with Crippen molar-refractivity contribution in [3.63, 3.8) is 0 Å². The molecule has 0 saturated heterocycles. The maximum Gasteiger partial charge on any atom is 0.204 e. The molecule has 0 N–H and O–H groups in total. The second-order valence-corrected chi connectivity index (χ2v) is 4.98. The molecule has 3 rings (SSSR count). The third-order valence-electron chi connectivity index (χ3n) is 3.07. The van der Waals surface area contributed by atoms with Crippen molar-refractivity contribution < 1.29 is 4.52 Å². The molecule has 0 fully saturated rings. The number of aryl methyl sites for hydroxylation is 2. The van der Waals surface area contributed by atoms with Gasteiger partial charge in [0.1, 0.15) is 5.82 Å². The number of hydrogen-bond donors (Lipinski definition) is 0. The van der Waals surface area contributed by atoms with Gasteiger partial charge < -0.3 is 4.52 Å². The predicted octanol–water partition coefficient (Wildman–Crippen LogP) is 2.09. The summed E-state index contributed by atoms with van der Waals surface area (Å²) in [6.07, 6.45) is 1.72. The maximum atomic E-state index is 5.40. The number of aromatic nitrogens is 6. The summed E-state index contributed by atoms with van der Waals surface area (Å²) in [6, 6.07) is 3.78. The van der Waals surface area contributed by atoms with E-state index in [1.165, 1.54) is 0 Å². The summed E-state index contributed by atoms with van der Waals surface area (Å²) in [5, 5.41) is 12.6. The second-order valence-electron chi connectivity index (χ2n) is 4.98. The first kappa shape index (κ1) is 12.6. The smallest absolute Gasteiger partial charge is 0.204 e. The van der Waals surface area contributed by atoms with Crippen LogP contribution in [0.1, 0.15) is 31.3 Å². The molecule has 0 bridgehead atoms. The second kappa shape index (κ2) is 4.59. The molecule has 20 heavy (non-hydrogen) atoms. The lowest BCUT2D eigenvalue weighted by molar-refractivity contribution is 0.416. The Hall–Kier alpha value is -2.44. The van der Waals surface area contributed by atoms with E-state index in [-0.39, 0.29) is 0 Å². The monoisotopic (exact) mass is 272 g/mol. The molecule has 3 heterocycles. The van der Waals surface area contributed by atoms with Crippen LogP contribution in [0.5, 0.6) is 0 Å². The summed E-state index contributed by atoms with van der Waals surface area (Å²) in [6.45, 7) is 5.98. The first-order valence-corrected chi connectivity index (χ1v) is 6.45. The van der Waals surface area contributed by atoms with Crippen molar-refractivity contribution in [2.75, 3.05) is 0 Å². The van der Waals surface area contributed by atoms with Crippen LogP contribution in [0.15, 0.2) is 22.9 Å². The molecule has 7 nitrogen and oxygen atoms in total. The van der Waals surface area contributed by atoms with Crippen LogP contribution in [-0.2, 0) is 7.05 Å². The van der Waals surface area contributed by atoms with Crippen LogP contribution in [0.3, 0.4) is 0 Å². The Kier molecular flexibility index (Phi) is 2.89. The van der Waals surface area contributed by atoms with Crippen molar-refractivity contribution in [1.82, 2.24) is 29.7 Å². The van der Waals surface area contributed by atoms with Crippen LogP contribution in [0.4, 0.5) is 0 Å². The molecule has 0 atom stereocenters. The average Bonchev–Trinajstić information content (AvgIpc) is 3.07. The zero-order valence-electron chi connectivity index (χ0n) is 11.9. The molecule has 0 radical (unpaired) electrons. The molecule has 0 unspecified atom stereocenters. The molecule has 0 spiro atoms. The van der Waals surface area contributed by atoms with E-state index in [1.807, 2.05) is 26.1 Å². The van der Waals surface area contributed by atoms with Crippen molar-refractivity contribution in [2.45, 2.75) is 26.7 Å². The molecule has 0 aliphatic heterocycles. The molecule has 0 aliphatic rings. The zero-order valence-corrected chi connectivity index (χ0v) is 11.9. The molecule has 0 aromatic carbocycles. The highest BCUT2D eigenvalue weighted by molar-refractivity contribution is 5.50. The van der Waals surface area contributed by atoms with E-state index in [1.54, 1.807) is 15.6 Å². The van der Waals surface area contributed by atoms with Gasteiger partial charge in [-0.15, -0.1) is 5.10 Å². The van der Waals surface area contributed by atoms with E-state index < -0.39 is 0 Å². The molecule has 3 aromatic heterocycles. The van der Waals surface area contributed by atoms with Crippen LogP contribution in [0.25, 0.3) is 17.4 Å². The lowest BCUT2D eigenvalue weighted by atomic mass is 10.1. The highest BCUT2D eigenvalue weighted by Gasteiger charge is 2.19. The summed E-state index contributed by atoms with van der Waals surface area (Å²) < 4.78 is 8.85. The molecule has 7 heteroatoms. The molecule has 0 saturated carbocycles. The van der Waals surface area contributed by atoms with Crippen LogP contribution < -0.4 is 0 Å². The zero-order chi connectivity index (χ0) is 14.3. The molecular formula is C13H16N6O. The summed E-state index contributed by atoms with van der Waals surface area (Å²) in [4.78, 5) is 4.43. The standard InChI is InChI=1S/C13H16N6O/c1-8(2)10-7-11(20-17-10)13-15-9(3)16-19(13)12-5-6-14-18(12)4/h5-8H,1-4H3. The molecular weight excluding hydrogens is 256 g/mol. The highest BCUT2D eigenvalue weighted by atomic mass is 16.5. The number of nitrogens with zero attached hydrogens (tertiary/aromatic N) is 6. The third-order valence-corrected chi connectivity index (χ3v) is 3.07. The highest BCUT2D eigenvalue weighted by Crippen LogP contribution is 2.24. The lowest BCUT2D eigenvalue weighted by Crippen LogP contribution is -2.06. The van der Waals surface area contributed by atoms with Crippen LogP contribution in [0.2, 0.25) is 0 Å². The summed E-state index contributed by atoms with van der Waals surface area (Å²) in [7, 11) is 1.86. The predicted molar refractivity (Wildman–Crippen MR) is 72.4 cm³/mol. The fraction of sp³-hybridized carbons (Fsp3) is 0.385. The van der Waals surface area contributed by atoms with Gasteiger partial charge in [-0.2, -0.15) is 9.78 Å². The fourth-order valence-electron chi connectivity index (χ4n) is 1.98. The van der Waals surface area contributed by atoms with Gasteiger partial charge in [-0.3, -0.25) is 4.68 Å². The van der Waals surface area contributed by atoms with Crippen molar-refractivity contribution >= 4 is 0 Å². The van der Waals surface area contributed by atoms with Gasteiger partial charge in [0.15, 0.2) is 5.82 Å². The number of hydrogen-bond acceptors (Lipinski definition) is 5. The SMILES string of the molecule is Cc1nc(-c2cc(C(C)C)no2)n(-c2ccnn2C)n1. The maximum absolute atomic E-state index is 5.40. The van der Waals surface area contributed by atoms with E-state index in [0.29, 0.717) is 23.3 Å². The molecule has 0 aliphatic carbocycles. The quantitative estimate of drug-likeness (QED) is 0.729. The van der Waals surface area contributed by atoms with Gasteiger partial charge in [0.05, 0.1) is 11.9 Å². The molecule has 104 valence electrons. The van der Waals surface area contributed by atoms with Crippen molar-refractivity contribution in [3.8, 4) is 17.4 Å². The van der Waals surface area contributed by atoms with Gasteiger partial charge in [0.25, 0.3) is 0 Å². The Morgan fingerprint density at radius 2 is 2.10 bits per heavy atom. The first-order valence-electron chi connectivity index (χ1n) is 6.45. The first-order chi connectivity index (χ1) is 9.56. The van der Waals surface area contributed by atoms with Gasteiger partial charge in [0, 0.05) is 19.2 Å². The summed E-state index contributed by atoms with van der Waals surface area (Å²) >= 11 is 0. The molecule has 0 amide bonds. The van der Waals surface area contributed by atoms with Gasteiger partial charge in [-0.05, 0) is 12.8 Å². The van der Waals surface area contributed by atoms with E-state index in [0.717, 1.165) is 11.5 Å². The van der Waals surface area contributed by atoms with Gasteiger partial charge in [0.2, 0.25) is 11.6 Å². The Morgan fingerprint density at radius 3 is 2.70 bits per heavy atom. The average molecular weight is 272 g/mol. The van der Waals surface area contributed by atoms with Gasteiger partial charge >= 0.3 is 0 Å². The Morgan fingerprint density at radius 1 is 1.30 bits per heavy atom. The minimum Gasteiger partial charge on any atom is -0.353 e. The Labute approximate surface area is 116 Å². The number of rotatable bonds is 3. The van der Waals surface area contributed by atoms with Crippen LogP contribution in [0, 0.1) is 6.92 Å². The molecule has 3 aromatic rings. The minimum atomic E-state index is 0.307. The fourth-order valence-corrected chi connectivity index (χ4v) is 1.98. The Balaban J connectivity index is 2.12. The van der Waals surface area contributed by atoms with Gasteiger partial charge in [-0.25, -0.2) is 4.98 Å². The van der Waals surface area contributed by atoms with Gasteiger partial charge in [-0.1, -0.05) is 19.0 Å². The van der Waals surface area contributed by atoms with Crippen molar-refractivity contribution in [1.29, 1.82) is 0 Å². The summed E-state index contributed by atoms with van der Waals surface area (Å²) in [5.74, 6) is 3.04. The van der Waals surface area contributed by atoms with E-state index in [2.05, 4.69) is 34.2 Å². The Bertz CT molecular complexity index is 736. The van der Waals surface area contributed by atoms with Crippen LogP contribution in [-0.4, -0.2) is 29.7 Å². The van der Waals surface area contributed by atoms with Crippen molar-refractivity contribution in [2.24, 2.45) is 7.05 Å². The van der Waals surface area contributed by atoms with Crippen LogP contribution >= 0.6 is 0 Å². The third kappa shape index (κ3) is 2.01. The largest absolute Gasteiger partial charge is 0.353 e. The van der Waals surface area contributed by atoms with E-state index in [4.69, 9.17) is 4.52 Å². The van der Waals surface area contributed by atoms with Crippen molar-refractivity contribution in [3.05, 3.63) is 29.8 Å². The van der Waals surface area contributed by atoms with E-state index >= 15 is 0 Å². The topological polar surface area (TPSA) is 74.6 Å². The normalized spacial score (nSPS) is 11.4. The summed E-state index contributed by atoms with van der Waals surface area (Å²) in [5.41, 5.74) is 0.900. The minimum absolute atomic E-state index is 0.307. The van der Waals surface area contributed by atoms with E-state index in [9.17, 15) is 0 Å².